The highest BCUT2D eigenvalue weighted by Gasteiger charge is 2.33. The zero-order valence-corrected chi connectivity index (χ0v) is 16.9. The second-order valence-corrected chi connectivity index (χ2v) is 8.30. The van der Waals surface area contributed by atoms with E-state index in [1.54, 1.807) is 0 Å². The van der Waals surface area contributed by atoms with Crippen molar-refractivity contribution in [3.8, 4) is 0 Å². The number of fused-ring (bicyclic) bond motifs is 1. The molecule has 1 N–H and O–H groups in total. The van der Waals surface area contributed by atoms with Gasteiger partial charge in [-0.2, -0.15) is 0 Å². The largest absolute Gasteiger partial charge is 0.372 e. The van der Waals surface area contributed by atoms with Crippen LogP contribution in [0.25, 0.3) is 11.0 Å². The second-order valence-electron chi connectivity index (χ2n) is 8.30. The van der Waals surface area contributed by atoms with Gasteiger partial charge in [-0.3, -0.25) is 0 Å². The Labute approximate surface area is 161 Å². The summed E-state index contributed by atoms with van der Waals surface area (Å²) in [6.07, 6.45) is 3.05. The van der Waals surface area contributed by atoms with Crippen molar-refractivity contribution in [2.75, 3.05) is 43.9 Å². The van der Waals surface area contributed by atoms with Crippen molar-refractivity contribution in [1.29, 1.82) is 0 Å². The number of para-hydroxylation sites is 2. The first-order chi connectivity index (χ1) is 13.0. The number of benzene rings is 1. The van der Waals surface area contributed by atoms with Crippen LogP contribution in [0.15, 0.2) is 24.3 Å². The predicted octanol–water partition coefficient (Wildman–Crippen LogP) is 3.00. The molecule has 0 amide bonds. The van der Waals surface area contributed by atoms with Crippen molar-refractivity contribution in [3.63, 3.8) is 0 Å². The summed E-state index contributed by atoms with van der Waals surface area (Å²) in [6, 6.07) is 8.65. The monoisotopic (exact) mass is 369 g/mol. The maximum atomic E-state index is 5.92. The van der Waals surface area contributed by atoms with Crippen LogP contribution in [0.2, 0.25) is 0 Å². The Morgan fingerprint density at radius 3 is 2.33 bits per heavy atom. The van der Waals surface area contributed by atoms with Gasteiger partial charge in [0.05, 0.1) is 23.2 Å². The third kappa shape index (κ3) is 4.17. The standard InChI is InChI=1S/C21H31N5O/c1-14-12-26(13-15(2)27-14)21-20(22-11-19(25(3)4)16-9-10-16)23-17-7-5-6-8-18(17)24-21/h5-8,14-16,19H,9-13H2,1-4H3,(H,22,23). The SMILES string of the molecule is CC1CN(c2nc3ccccc3nc2NCC(C2CC2)N(C)C)CC(C)O1. The minimum absolute atomic E-state index is 0.191. The summed E-state index contributed by atoms with van der Waals surface area (Å²) in [6.45, 7) is 6.82. The van der Waals surface area contributed by atoms with Crippen molar-refractivity contribution in [3.05, 3.63) is 24.3 Å². The third-order valence-electron chi connectivity index (χ3n) is 5.58. The van der Waals surface area contributed by atoms with Gasteiger partial charge >= 0.3 is 0 Å². The molecule has 2 aromatic rings. The predicted molar refractivity (Wildman–Crippen MR) is 110 cm³/mol. The van der Waals surface area contributed by atoms with Crippen molar-refractivity contribution in [2.24, 2.45) is 5.92 Å². The first-order valence-corrected chi connectivity index (χ1v) is 10.1. The van der Waals surface area contributed by atoms with E-state index in [0.717, 1.165) is 48.2 Å². The number of hydrogen-bond donors (Lipinski definition) is 1. The molecule has 0 radical (unpaired) electrons. The van der Waals surface area contributed by atoms with E-state index in [9.17, 15) is 0 Å². The van der Waals surface area contributed by atoms with Gasteiger partial charge in [0.2, 0.25) is 0 Å². The molecule has 3 unspecified atom stereocenters. The molecule has 0 spiro atoms. The van der Waals surface area contributed by atoms with Crippen LogP contribution in [0.3, 0.4) is 0 Å². The van der Waals surface area contributed by atoms with Crippen LogP contribution in [0.5, 0.6) is 0 Å². The lowest BCUT2D eigenvalue weighted by atomic mass is 10.1. The number of aromatic nitrogens is 2. The quantitative estimate of drug-likeness (QED) is 0.845. The van der Waals surface area contributed by atoms with Crippen LogP contribution in [-0.4, -0.2) is 66.8 Å². The summed E-state index contributed by atoms with van der Waals surface area (Å²) >= 11 is 0. The fraction of sp³-hybridized carbons (Fsp3) is 0.619. The Hall–Kier alpha value is -1.92. The van der Waals surface area contributed by atoms with E-state index >= 15 is 0 Å². The highest BCUT2D eigenvalue weighted by molar-refractivity contribution is 5.80. The molecular formula is C21H31N5O. The molecule has 2 fully saturated rings. The van der Waals surface area contributed by atoms with Gasteiger partial charge in [0.1, 0.15) is 0 Å². The third-order valence-corrected chi connectivity index (χ3v) is 5.58. The molecule has 1 aromatic heterocycles. The molecule has 0 bridgehead atoms. The summed E-state index contributed by atoms with van der Waals surface area (Å²) in [5.74, 6) is 2.64. The fourth-order valence-electron chi connectivity index (χ4n) is 4.13. The van der Waals surface area contributed by atoms with Crippen LogP contribution in [0.1, 0.15) is 26.7 Å². The normalized spacial score (nSPS) is 24.4. The van der Waals surface area contributed by atoms with Gasteiger partial charge in [0.15, 0.2) is 11.6 Å². The van der Waals surface area contributed by atoms with Gasteiger partial charge in [-0.15, -0.1) is 0 Å². The second kappa shape index (κ2) is 7.60. The smallest absolute Gasteiger partial charge is 0.172 e. The molecule has 1 saturated carbocycles. The Morgan fingerprint density at radius 2 is 1.74 bits per heavy atom. The molecule has 6 nitrogen and oxygen atoms in total. The first-order valence-electron chi connectivity index (χ1n) is 10.1. The Balaban J connectivity index is 1.64. The lowest BCUT2D eigenvalue weighted by Crippen LogP contribution is -2.46. The highest BCUT2D eigenvalue weighted by atomic mass is 16.5. The first kappa shape index (κ1) is 18.4. The molecule has 2 heterocycles. The minimum Gasteiger partial charge on any atom is -0.372 e. The van der Waals surface area contributed by atoms with Gasteiger partial charge < -0.3 is 19.9 Å². The Kier molecular flexibility index (Phi) is 5.19. The van der Waals surface area contributed by atoms with Gasteiger partial charge in [-0.1, -0.05) is 12.1 Å². The average molecular weight is 370 g/mol. The van der Waals surface area contributed by atoms with Gasteiger partial charge in [0.25, 0.3) is 0 Å². The van der Waals surface area contributed by atoms with Crippen LogP contribution in [0.4, 0.5) is 11.6 Å². The summed E-state index contributed by atoms with van der Waals surface area (Å²) < 4.78 is 5.92. The molecule has 146 valence electrons. The van der Waals surface area contributed by atoms with Crippen LogP contribution >= 0.6 is 0 Å². The van der Waals surface area contributed by atoms with E-state index in [1.807, 2.05) is 24.3 Å². The van der Waals surface area contributed by atoms with Crippen LogP contribution < -0.4 is 10.2 Å². The van der Waals surface area contributed by atoms with Crippen molar-refractivity contribution in [2.45, 2.75) is 44.9 Å². The van der Waals surface area contributed by atoms with Gasteiger partial charge in [-0.25, -0.2) is 9.97 Å². The molecule has 2 aliphatic rings. The number of anilines is 2. The average Bonchev–Trinajstić information content (AvgIpc) is 3.45. The van der Waals surface area contributed by atoms with Crippen molar-refractivity contribution in [1.82, 2.24) is 14.9 Å². The van der Waals surface area contributed by atoms with Crippen molar-refractivity contribution < 1.29 is 4.74 Å². The molecule has 4 rings (SSSR count). The van der Waals surface area contributed by atoms with E-state index in [4.69, 9.17) is 14.7 Å². The van der Waals surface area contributed by atoms with Gasteiger partial charge in [-0.05, 0) is 58.8 Å². The summed E-state index contributed by atoms with van der Waals surface area (Å²) in [4.78, 5) is 14.6. The summed E-state index contributed by atoms with van der Waals surface area (Å²) in [7, 11) is 4.34. The van der Waals surface area contributed by atoms with Crippen LogP contribution in [-0.2, 0) is 4.74 Å². The van der Waals surface area contributed by atoms with E-state index < -0.39 is 0 Å². The zero-order chi connectivity index (χ0) is 19.0. The van der Waals surface area contributed by atoms with Crippen LogP contribution in [0, 0.1) is 5.92 Å². The number of nitrogens with one attached hydrogen (secondary N) is 1. The molecule has 1 aromatic carbocycles. The number of ether oxygens (including phenoxy) is 1. The maximum Gasteiger partial charge on any atom is 0.172 e. The molecule has 3 atom stereocenters. The molecule has 6 heteroatoms. The number of morpholine rings is 1. The fourth-order valence-corrected chi connectivity index (χ4v) is 4.13. The Morgan fingerprint density at radius 1 is 1.11 bits per heavy atom. The van der Waals surface area contributed by atoms with E-state index in [0.29, 0.717) is 6.04 Å². The lowest BCUT2D eigenvalue weighted by molar-refractivity contribution is -0.00541. The number of hydrogen-bond acceptors (Lipinski definition) is 6. The molecule has 1 saturated heterocycles. The van der Waals surface area contributed by atoms with E-state index in [2.05, 4.69) is 43.1 Å². The molecule has 27 heavy (non-hydrogen) atoms. The number of nitrogens with zero attached hydrogens (tertiary/aromatic N) is 4. The molecular weight excluding hydrogens is 338 g/mol. The minimum atomic E-state index is 0.191. The van der Waals surface area contributed by atoms with Crippen molar-refractivity contribution >= 4 is 22.7 Å². The maximum absolute atomic E-state index is 5.92. The van der Waals surface area contributed by atoms with E-state index in [-0.39, 0.29) is 12.2 Å². The Bertz CT molecular complexity index is 779. The van der Waals surface area contributed by atoms with Gasteiger partial charge in [0, 0.05) is 25.7 Å². The summed E-state index contributed by atoms with van der Waals surface area (Å²) in [5.41, 5.74) is 1.88. The number of likely N-dealkylation sites (N-methyl/N-ethyl adjacent to an activating group) is 1. The zero-order valence-electron chi connectivity index (χ0n) is 16.9. The number of rotatable bonds is 6. The lowest BCUT2D eigenvalue weighted by Gasteiger charge is -2.37. The molecule has 1 aliphatic carbocycles. The highest BCUT2D eigenvalue weighted by Crippen LogP contribution is 2.35. The van der Waals surface area contributed by atoms with E-state index in [1.165, 1.54) is 12.8 Å². The molecule has 1 aliphatic heterocycles. The topological polar surface area (TPSA) is 53.5 Å². The summed E-state index contributed by atoms with van der Waals surface area (Å²) in [5, 5.41) is 3.64.